The average Bonchev–Trinajstić information content (AvgIpc) is 2.88. The first-order valence-electron chi connectivity index (χ1n) is 5.85. The maximum Gasteiger partial charge on any atom is 0.255 e. The van der Waals surface area contributed by atoms with Crippen LogP contribution >= 0.6 is 11.6 Å². The lowest BCUT2D eigenvalue weighted by Crippen LogP contribution is -2.12. The largest absolute Gasteiger partial charge is 0.372 e. The topological polar surface area (TPSA) is 51.2 Å². The highest BCUT2D eigenvalue weighted by Gasteiger charge is 2.15. The molecular weight excluding hydrogens is 264 g/mol. The van der Waals surface area contributed by atoms with Crippen LogP contribution in [0.2, 0.25) is 5.15 Å². The number of benzene rings is 1. The van der Waals surface area contributed by atoms with Crippen molar-refractivity contribution in [2.75, 3.05) is 5.32 Å². The van der Waals surface area contributed by atoms with E-state index in [-0.39, 0.29) is 11.1 Å². The third-order valence-corrected chi connectivity index (χ3v) is 3.29. The molecule has 96 valence electrons. The van der Waals surface area contributed by atoms with Gasteiger partial charge in [-0.05, 0) is 35.4 Å². The Kier molecular flexibility index (Phi) is 3.19. The molecule has 0 radical (unpaired) electrons. The summed E-state index contributed by atoms with van der Waals surface area (Å²) in [6, 6.07) is 8.99. The summed E-state index contributed by atoms with van der Waals surface area (Å²) < 4.78 is 5.32. The first kappa shape index (κ1) is 12.1. The van der Waals surface area contributed by atoms with E-state index in [9.17, 15) is 4.79 Å². The van der Waals surface area contributed by atoms with Crippen molar-refractivity contribution in [2.24, 2.45) is 0 Å². The molecule has 1 N–H and O–H groups in total. The second-order valence-electron chi connectivity index (χ2n) is 4.27. The highest BCUT2D eigenvalue weighted by molar-refractivity contribution is 6.32. The van der Waals surface area contributed by atoms with E-state index in [1.807, 2.05) is 12.1 Å². The lowest BCUT2D eigenvalue weighted by molar-refractivity contribution is 0.102. The molecule has 0 atom stereocenters. The van der Waals surface area contributed by atoms with Gasteiger partial charge in [-0.25, -0.2) is 4.98 Å². The van der Waals surface area contributed by atoms with Gasteiger partial charge in [0.15, 0.2) is 5.15 Å². The van der Waals surface area contributed by atoms with Crippen molar-refractivity contribution in [1.29, 1.82) is 0 Å². The van der Waals surface area contributed by atoms with E-state index in [0.29, 0.717) is 24.5 Å². The van der Waals surface area contributed by atoms with E-state index in [4.69, 9.17) is 16.3 Å². The minimum absolute atomic E-state index is 0.204. The Morgan fingerprint density at radius 1 is 1.26 bits per heavy atom. The van der Waals surface area contributed by atoms with E-state index in [1.165, 1.54) is 0 Å². The Hall–Kier alpha value is -1.91. The number of nitrogens with zero attached hydrogens (tertiary/aromatic N) is 1. The number of fused-ring (bicyclic) bond motifs is 1. The molecule has 19 heavy (non-hydrogen) atoms. The van der Waals surface area contributed by atoms with Crippen LogP contribution in [0.1, 0.15) is 21.5 Å². The van der Waals surface area contributed by atoms with Crippen molar-refractivity contribution in [1.82, 2.24) is 4.98 Å². The van der Waals surface area contributed by atoms with Gasteiger partial charge in [0.2, 0.25) is 0 Å². The second kappa shape index (κ2) is 4.99. The van der Waals surface area contributed by atoms with Crippen molar-refractivity contribution in [2.45, 2.75) is 13.2 Å². The third kappa shape index (κ3) is 2.45. The Bertz CT molecular complexity index is 643. The van der Waals surface area contributed by atoms with Crippen LogP contribution in [0.4, 0.5) is 5.69 Å². The molecule has 0 spiro atoms. The highest BCUT2D eigenvalue weighted by Crippen LogP contribution is 2.22. The summed E-state index contributed by atoms with van der Waals surface area (Å²) in [4.78, 5) is 16.0. The number of pyridine rings is 1. The van der Waals surface area contributed by atoms with Crippen LogP contribution in [0.15, 0.2) is 36.5 Å². The number of hydrogen-bond donors (Lipinski definition) is 1. The number of ether oxygens (including phenoxy) is 1. The minimum atomic E-state index is -0.204. The van der Waals surface area contributed by atoms with Gasteiger partial charge in [0, 0.05) is 11.8 Å². The highest BCUT2D eigenvalue weighted by atomic mass is 35.5. The fourth-order valence-electron chi connectivity index (χ4n) is 1.99. The fourth-order valence-corrected chi connectivity index (χ4v) is 2.15. The number of hydrogen-bond acceptors (Lipinski definition) is 3. The summed E-state index contributed by atoms with van der Waals surface area (Å²) in [6.45, 7) is 1.18. The lowest BCUT2D eigenvalue weighted by Gasteiger charge is -2.07. The SMILES string of the molecule is O=C(Nc1cccnc1Cl)c1ccc2c(c1)COC2. The third-order valence-electron chi connectivity index (χ3n) is 2.99. The van der Waals surface area contributed by atoms with E-state index in [1.54, 1.807) is 24.4 Å². The van der Waals surface area contributed by atoms with Crippen LogP contribution in [-0.4, -0.2) is 10.9 Å². The Labute approximate surface area is 115 Å². The van der Waals surface area contributed by atoms with Crippen molar-refractivity contribution >= 4 is 23.2 Å². The molecule has 2 heterocycles. The molecule has 0 saturated heterocycles. The van der Waals surface area contributed by atoms with Crippen LogP contribution in [0.25, 0.3) is 0 Å². The monoisotopic (exact) mass is 274 g/mol. The first-order valence-corrected chi connectivity index (χ1v) is 6.23. The second-order valence-corrected chi connectivity index (χ2v) is 4.63. The molecule has 0 unspecified atom stereocenters. The molecule has 1 aromatic carbocycles. The molecule has 0 aliphatic carbocycles. The number of anilines is 1. The van der Waals surface area contributed by atoms with Gasteiger partial charge in [-0.2, -0.15) is 0 Å². The number of halogens is 1. The van der Waals surface area contributed by atoms with Crippen LogP contribution in [0, 0.1) is 0 Å². The quantitative estimate of drug-likeness (QED) is 0.857. The number of rotatable bonds is 2. The van der Waals surface area contributed by atoms with Crippen molar-refractivity contribution < 1.29 is 9.53 Å². The fraction of sp³-hybridized carbons (Fsp3) is 0.143. The summed E-state index contributed by atoms with van der Waals surface area (Å²) in [6.07, 6.45) is 1.57. The van der Waals surface area contributed by atoms with Gasteiger partial charge in [-0.15, -0.1) is 0 Å². The number of carbonyl (C=O) groups is 1. The zero-order valence-corrected chi connectivity index (χ0v) is 10.8. The van der Waals surface area contributed by atoms with Gasteiger partial charge in [0.25, 0.3) is 5.91 Å². The molecule has 2 aromatic rings. The molecule has 1 aliphatic heterocycles. The summed E-state index contributed by atoms with van der Waals surface area (Å²) in [5.74, 6) is -0.204. The van der Waals surface area contributed by atoms with Crippen molar-refractivity contribution in [3.05, 3.63) is 58.4 Å². The maximum atomic E-state index is 12.1. The molecule has 4 nitrogen and oxygen atoms in total. The summed E-state index contributed by atoms with van der Waals surface area (Å²) in [7, 11) is 0. The molecule has 0 saturated carbocycles. The van der Waals surface area contributed by atoms with Crippen molar-refractivity contribution in [3.8, 4) is 0 Å². The molecule has 0 fully saturated rings. The summed E-state index contributed by atoms with van der Waals surface area (Å²) in [5, 5.41) is 3.02. The average molecular weight is 275 g/mol. The van der Waals surface area contributed by atoms with Crippen molar-refractivity contribution in [3.63, 3.8) is 0 Å². The first-order chi connectivity index (χ1) is 9.24. The Balaban J connectivity index is 1.83. The van der Waals surface area contributed by atoms with E-state index >= 15 is 0 Å². The molecular formula is C14H11ClN2O2. The standard InChI is InChI=1S/C14H11ClN2O2/c15-13-12(2-1-5-16-13)17-14(18)9-3-4-10-7-19-8-11(10)6-9/h1-6H,7-8H2,(H,17,18). The minimum Gasteiger partial charge on any atom is -0.372 e. The molecule has 0 bridgehead atoms. The van der Waals surface area contributed by atoms with Crippen LogP contribution in [-0.2, 0) is 18.0 Å². The Morgan fingerprint density at radius 2 is 2.11 bits per heavy atom. The van der Waals surface area contributed by atoms with E-state index < -0.39 is 0 Å². The van der Waals surface area contributed by atoms with E-state index in [0.717, 1.165) is 11.1 Å². The predicted molar refractivity (Wildman–Crippen MR) is 72.1 cm³/mol. The number of carbonyl (C=O) groups excluding carboxylic acids is 1. The molecule has 5 heteroatoms. The Morgan fingerprint density at radius 3 is 2.95 bits per heavy atom. The zero-order valence-electron chi connectivity index (χ0n) is 10.0. The van der Waals surface area contributed by atoms with Gasteiger partial charge >= 0.3 is 0 Å². The van der Waals surface area contributed by atoms with Gasteiger partial charge in [0.05, 0.1) is 18.9 Å². The van der Waals surface area contributed by atoms with Gasteiger partial charge in [0.1, 0.15) is 0 Å². The van der Waals surface area contributed by atoms with E-state index in [2.05, 4.69) is 10.3 Å². The van der Waals surface area contributed by atoms with Crippen LogP contribution in [0.3, 0.4) is 0 Å². The molecule has 1 aliphatic rings. The van der Waals surface area contributed by atoms with Crippen LogP contribution in [0.5, 0.6) is 0 Å². The normalized spacial score (nSPS) is 13.1. The lowest BCUT2D eigenvalue weighted by atomic mass is 10.1. The number of amides is 1. The number of nitrogens with one attached hydrogen (secondary N) is 1. The number of aromatic nitrogens is 1. The van der Waals surface area contributed by atoms with Gasteiger partial charge < -0.3 is 10.1 Å². The summed E-state index contributed by atoms with van der Waals surface area (Å²) in [5.41, 5.74) is 3.29. The maximum absolute atomic E-state index is 12.1. The van der Waals surface area contributed by atoms with Crippen LogP contribution < -0.4 is 5.32 Å². The predicted octanol–water partition coefficient (Wildman–Crippen LogP) is 3.02. The molecule has 1 aromatic heterocycles. The van der Waals surface area contributed by atoms with Gasteiger partial charge in [-0.3, -0.25) is 4.79 Å². The molecule has 3 rings (SSSR count). The zero-order chi connectivity index (χ0) is 13.2. The van der Waals surface area contributed by atoms with Gasteiger partial charge in [-0.1, -0.05) is 17.7 Å². The summed E-state index contributed by atoms with van der Waals surface area (Å²) >= 11 is 5.90. The smallest absolute Gasteiger partial charge is 0.255 e. The molecule has 1 amide bonds.